The molecule has 0 saturated carbocycles. The summed E-state index contributed by atoms with van der Waals surface area (Å²) < 4.78 is 40.6. The molecule has 0 saturated heterocycles. The van der Waals surface area contributed by atoms with Crippen LogP contribution < -0.4 is 9.47 Å². The minimum Gasteiger partial charge on any atom is -0.481 e. The first-order valence-electron chi connectivity index (χ1n) is 10.4. The van der Waals surface area contributed by atoms with Crippen molar-refractivity contribution in [1.82, 2.24) is 0 Å². The molecule has 1 N–H and O–H groups in total. The molecule has 9 nitrogen and oxygen atoms in total. The summed E-state index contributed by atoms with van der Waals surface area (Å²) in [5.74, 6) is 1.03. The predicted octanol–water partition coefficient (Wildman–Crippen LogP) is 2.39. The van der Waals surface area contributed by atoms with E-state index in [2.05, 4.69) is 0 Å². The van der Waals surface area contributed by atoms with Gasteiger partial charge in [-0.1, -0.05) is 12.1 Å². The van der Waals surface area contributed by atoms with Gasteiger partial charge < -0.3 is 38.3 Å². The molecule has 0 bridgehead atoms. The van der Waals surface area contributed by atoms with Crippen LogP contribution in [-0.2, 0) is 28.5 Å². The smallest absolute Gasteiger partial charge is 0.303 e. The highest BCUT2D eigenvalue weighted by molar-refractivity contribution is 5.66. The van der Waals surface area contributed by atoms with E-state index >= 15 is 0 Å². The van der Waals surface area contributed by atoms with E-state index in [0.29, 0.717) is 69.3 Å². The van der Waals surface area contributed by atoms with Crippen LogP contribution in [0.1, 0.15) is 19.8 Å². The zero-order valence-electron chi connectivity index (χ0n) is 17.8. The van der Waals surface area contributed by atoms with Crippen LogP contribution in [0, 0.1) is 0 Å². The van der Waals surface area contributed by atoms with E-state index in [1.54, 1.807) is 19.1 Å². The number of carboxylic acids is 1. The number of rotatable bonds is 3. The Morgan fingerprint density at radius 3 is 2.03 bits per heavy atom. The minimum absolute atomic E-state index is 0.0956. The van der Waals surface area contributed by atoms with Crippen LogP contribution in [0.2, 0.25) is 0 Å². The third-order valence-corrected chi connectivity index (χ3v) is 4.84. The Balaban J connectivity index is 1.83. The molecule has 0 fully saturated rings. The molecule has 1 atom stereocenters. The fraction of sp³-hybridized carbons (Fsp3) is 0.591. The molecule has 2 aliphatic rings. The van der Waals surface area contributed by atoms with E-state index in [9.17, 15) is 9.90 Å². The van der Waals surface area contributed by atoms with Gasteiger partial charge in [-0.25, -0.2) is 0 Å². The van der Waals surface area contributed by atoms with Crippen LogP contribution in [0.25, 0.3) is 0 Å². The van der Waals surface area contributed by atoms with Crippen LogP contribution in [0.15, 0.2) is 35.8 Å². The van der Waals surface area contributed by atoms with Gasteiger partial charge in [-0.2, -0.15) is 0 Å². The van der Waals surface area contributed by atoms with Crippen LogP contribution in [-0.4, -0.2) is 76.1 Å². The van der Waals surface area contributed by atoms with E-state index in [1.165, 1.54) is 0 Å². The largest absolute Gasteiger partial charge is 0.481 e. The standard InChI is InChI=1S/C22H30O9/c1-22(7-6-20(23)24)21-19(30-17-4-2-3-5-18(17)31-21)16-28-13-12-26-9-8-25-10-11-27-14-15-29-22/h2-5H,6-16H2,1H3,(H,23,24). The highest BCUT2D eigenvalue weighted by atomic mass is 16.6. The molecule has 2 aliphatic heterocycles. The van der Waals surface area contributed by atoms with E-state index < -0.39 is 11.6 Å². The number of carbonyl (C=O) groups is 1. The van der Waals surface area contributed by atoms with Gasteiger partial charge in [0, 0.05) is 6.42 Å². The van der Waals surface area contributed by atoms with Crippen molar-refractivity contribution in [3.05, 3.63) is 35.8 Å². The first-order chi connectivity index (χ1) is 15.1. The third kappa shape index (κ3) is 7.19. The van der Waals surface area contributed by atoms with Gasteiger partial charge in [0.05, 0.1) is 52.9 Å². The maximum Gasteiger partial charge on any atom is 0.303 e. The number of fused-ring (bicyclic) bond motifs is 1. The summed E-state index contributed by atoms with van der Waals surface area (Å²) in [6.45, 7) is 5.12. The number of aliphatic carboxylic acids is 1. The average molecular weight is 438 g/mol. The van der Waals surface area contributed by atoms with Crippen LogP contribution >= 0.6 is 0 Å². The SMILES string of the molecule is CC1(CCC(=O)O)OCCOCCOCCOCCOCC2=C1Oc1ccccc1O2. The topological polar surface area (TPSA) is 102 Å². The van der Waals surface area contributed by atoms with Crippen molar-refractivity contribution < 1.29 is 43.1 Å². The number of carboxylic acid groups (broad SMARTS) is 1. The Morgan fingerprint density at radius 1 is 0.871 bits per heavy atom. The molecule has 1 unspecified atom stereocenters. The first kappa shape index (κ1) is 23.5. The number of ether oxygens (including phenoxy) is 7. The molecule has 1 aromatic carbocycles. The second-order valence-electron chi connectivity index (χ2n) is 7.27. The average Bonchev–Trinajstić information content (AvgIpc) is 2.77. The summed E-state index contributed by atoms with van der Waals surface area (Å²) in [5.41, 5.74) is -1.05. The molecule has 0 spiro atoms. The molecule has 0 amide bonds. The molecular formula is C22H30O9. The summed E-state index contributed by atoms with van der Waals surface area (Å²) >= 11 is 0. The summed E-state index contributed by atoms with van der Waals surface area (Å²) in [5, 5.41) is 9.25. The molecule has 172 valence electrons. The zero-order valence-corrected chi connectivity index (χ0v) is 17.8. The number of hydrogen-bond donors (Lipinski definition) is 1. The lowest BCUT2D eigenvalue weighted by molar-refractivity contribution is -0.139. The van der Waals surface area contributed by atoms with Gasteiger partial charge in [-0.15, -0.1) is 0 Å². The first-order valence-corrected chi connectivity index (χ1v) is 10.4. The lowest BCUT2D eigenvalue weighted by Gasteiger charge is -2.35. The van der Waals surface area contributed by atoms with Crippen molar-refractivity contribution in [3.8, 4) is 11.5 Å². The van der Waals surface area contributed by atoms with Crippen molar-refractivity contribution in [2.45, 2.75) is 25.4 Å². The summed E-state index contributed by atoms with van der Waals surface area (Å²) in [6.07, 6.45) is 0.0978. The highest BCUT2D eigenvalue weighted by Crippen LogP contribution is 2.40. The van der Waals surface area contributed by atoms with E-state index in [-0.39, 0.29) is 26.1 Å². The lowest BCUT2D eigenvalue weighted by atomic mass is 9.95. The van der Waals surface area contributed by atoms with Crippen molar-refractivity contribution in [2.24, 2.45) is 0 Å². The van der Waals surface area contributed by atoms with Gasteiger partial charge in [0.2, 0.25) is 0 Å². The normalized spacial score (nSPS) is 24.2. The minimum atomic E-state index is -1.05. The molecule has 0 aliphatic carbocycles. The van der Waals surface area contributed by atoms with Crippen LogP contribution in [0.4, 0.5) is 0 Å². The Hall–Kier alpha value is -2.17. The molecule has 2 heterocycles. The molecule has 9 heteroatoms. The summed E-state index contributed by atoms with van der Waals surface area (Å²) in [4.78, 5) is 11.3. The van der Waals surface area contributed by atoms with Gasteiger partial charge in [-0.3, -0.25) is 4.79 Å². The maximum absolute atomic E-state index is 11.3. The maximum atomic E-state index is 11.3. The van der Waals surface area contributed by atoms with E-state index in [0.717, 1.165) is 0 Å². The van der Waals surface area contributed by atoms with Gasteiger partial charge in [0.1, 0.15) is 12.2 Å². The molecule has 0 radical (unpaired) electrons. The third-order valence-electron chi connectivity index (χ3n) is 4.84. The van der Waals surface area contributed by atoms with Gasteiger partial charge in [-0.05, 0) is 25.5 Å². The van der Waals surface area contributed by atoms with E-state index in [4.69, 9.17) is 33.2 Å². The summed E-state index contributed by atoms with van der Waals surface area (Å²) in [6, 6.07) is 7.27. The molecule has 0 aromatic heterocycles. The van der Waals surface area contributed by atoms with Crippen molar-refractivity contribution in [2.75, 3.05) is 59.5 Å². The van der Waals surface area contributed by atoms with Crippen molar-refractivity contribution >= 4 is 5.97 Å². The Kier molecular flexibility index (Phi) is 9.11. The van der Waals surface area contributed by atoms with Gasteiger partial charge >= 0.3 is 5.97 Å². The number of para-hydroxylation sites is 2. The Labute approximate surface area is 181 Å². The fourth-order valence-corrected chi connectivity index (χ4v) is 3.21. The second kappa shape index (κ2) is 12.0. The van der Waals surface area contributed by atoms with Crippen LogP contribution in [0.5, 0.6) is 11.5 Å². The number of benzene rings is 1. The fourth-order valence-electron chi connectivity index (χ4n) is 3.21. The lowest BCUT2D eigenvalue weighted by Crippen LogP contribution is -2.39. The van der Waals surface area contributed by atoms with Crippen molar-refractivity contribution in [1.29, 1.82) is 0 Å². The zero-order chi connectivity index (χ0) is 21.9. The Morgan fingerprint density at radius 2 is 1.42 bits per heavy atom. The van der Waals surface area contributed by atoms with Crippen LogP contribution in [0.3, 0.4) is 0 Å². The molecule has 31 heavy (non-hydrogen) atoms. The number of hydrogen-bond acceptors (Lipinski definition) is 8. The molecule has 1 aromatic rings. The predicted molar refractivity (Wildman–Crippen MR) is 109 cm³/mol. The van der Waals surface area contributed by atoms with Gasteiger partial charge in [0.15, 0.2) is 23.0 Å². The summed E-state index contributed by atoms with van der Waals surface area (Å²) in [7, 11) is 0. The molecule has 3 rings (SSSR count). The van der Waals surface area contributed by atoms with Gasteiger partial charge in [0.25, 0.3) is 0 Å². The second-order valence-corrected chi connectivity index (χ2v) is 7.27. The van der Waals surface area contributed by atoms with Crippen molar-refractivity contribution in [3.63, 3.8) is 0 Å². The van der Waals surface area contributed by atoms with E-state index in [1.807, 2.05) is 12.1 Å². The highest BCUT2D eigenvalue weighted by Gasteiger charge is 2.39. The molecular weight excluding hydrogens is 408 g/mol. The quantitative estimate of drug-likeness (QED) is 0.762. The monoisotopic (exact) mass is 438 g/mol. The Bertz CT molecular complexity index is 748.